The minimum atomic E-state index is 0. The van der Waals surface area contributed by atoms with Crippen molar-refractivity contribution in [1.82, 2.24) is 10.2 Å². The third-order valence-corrected chi connectivity index (χ3v) is 4.16. The average molecular weight is 469 g/mol. The number of methoxy groups -OCH3 is 2. The highest BCUT2D eigenvalue weighted by molar-refractivity contribution is 14.0. The molecule has 0 fully saturated rings. The number of hydrogen-bond acceptors (Lipinski definition) is 3. The van der Waals surface area contributed by atoms with Crippen molar-refractivity contribution in [2.45, 2.75) is 20.0 Å². The lowest BCUT2D eigenvalue weighted by Gasteiger charge is -2.23. The number of guanidine groups is 1. The van der Waals surface area contributed by atoms with Crippen molar-refractivity contribution in [3.63, 3.8) is 0 Å². The van der Waals surface area contributed by atoms with Gasteiger partial charge in [0.1, 0.15) is 0 Å². The quantitative estimate of drug-likeness (QED) is 0.397. The van der Waals surface area contributed by atoms with Crippen molar-refractivity contribution in [3.8, 4) is 11.5 Å². The molecule has 0 radical (unpaired) electrons. The third-order valence-electron chi connectivity index (χ3n) is 4.16. The molecule has 0 aliphatic carbocycles. The standard InChI is InChI=1S/C20H27N3O2.HI/c1-15-9-6-7-10-17(15)14-23(3)20(21-2)22-13-16-11-8-12-18(24-4)19(16)25-5;/h6-12H,13-14H2,1-5H3,(H,21,22);1H. The molecular weight excluding hydrogens is 441 g/mol. The summed E-state index contributed by atoms with van der Waals surface area (Å²) in [4.78, 5) is 6.49. The van der Waals surface area contributed by atoms with E-state index in [0.717, 1.165) is 29.6 Å². The zero-order valence-corrected chi connectivity index (χ0v) is 18.4. The molecule has 0 aliphatic rings. The lowest BCUT2D eigenvalue weighted by Crippen LogP contribution is -2.38. The van der Waals surface area contributed by atoms with Crippen LogP contribution in [0, 0.1) is 6.92 Å². The molecule has 0 bridgehead atoms. The lowest BCUT2D eigenvalue weighted by atomic mass is 10.1. The highest BCUT2D eigenvalue weighted by Gasteiger charge is 2.12. The van der Waals surface area contributed by atoms with E-state index in [4.69, 9.17) is 9.47 Å². The van der Waals surface area contributed by atoms with Gasteiger partial charge in [-0.05, 0) is 24.1 Å². The van der Waals surface area contributed by atoms with Gasteiger partial charge in [-0.15, -0.1) is 24.0 Å². The summed E-state index contributed by atoms with van der Waals surface area (Å²) in [6, 6.07) is 14.3. The maximum Gasteiger partial charge on any atom is 0.193 e. The number of ether oxygens (including phenoxy) is 2. The molecule has 0 aliphatic heterocycles. The molecule has 0 atom stereocenters. The van der Waals surface area contributed by atoms with E-state index in [9.17, 15) is 0 Å². The number of aliphatic imine (C=N–C) groups is 1. The number of nitrogens with zero attached hydrogens (tertiary/aromatic N) is 2. The lowest BCUT2D eigenvalue weighted by molar-refractivity contribution is 0.351. The van der Waals surface area contributed by atoms with Crippen molar-refractivity contribution in [1.29, 1.82) is 0 Å². The monoisotopic (exact) mass is 469 g/mol. The number of rotatable bonds is 6. The first-order valence-corrected chi connectivity index (χ1v) is 8.26. The summed E-state index contributed by atoms with van der Waals surface area (Å²) in [6.07, 6.45) is 0. The van der Waals surface area contributed by atoms with Gasteiger partial charge in [-0.1, -0.05) is 36.4 Å². The molecule has 0 heterocycles. The van der Waals surface area contributed by atoms with Gasteiger partial charge in [-0.25, -0.2) is 0 Å². The molecule has 0 unspecified atom stereocenters. The highest BCUT2D eigenvalue weighted by atomic mass is 127. The van der Waals surface area contributed by atoms with Crippen molar-refractivity contribution in [3.05, 3.63) is 59.2 Å². The van der Waals surface area contributed by atoms with Crippen molar-refractivity contribution >= 4 is 29.9 Å². The van der Waals surface area contributed by atoms with E-state index in [-0.39, 0.29) is 24.0 Å². The SMILES string of the molecule is CN=C(NCc1cccc(OC)c1OC)N(C)Cc1ccccc1C.I. The Morgan fingerprint density at radius 2 is 1.73 bits per heavy atom. The Morgan fingerprint density at radius 3 is 2.35 bits per heavy atom. The summed E-state index contributed by atoms with van der Waals surface area (Å²) >= 11 is 0. The Hall–Kier alpha value is -1.96. The fourth-order valence-electron chi connectivity index (χ4n) is 2.77. The first-order chi connectivity index (χ1) is 12.1. The van der Waals surface area contributed by atoms with Crippen LogP contribution in [0.3, 0.4) is 0 Å². The molecule has 26 heavy (non-hydrogen) atoms. The Morgan fingerprint density at radius 1 is 1.04 bits per heavy atom. The predicted molar refractivity (Wildman–Crippen MR) is 118 cm³/mol. The smallest absolute Gasteiger partial charge is 0.193 e. The summed E-state index contributed by atoms with van der Waals surface area (Å²) in [7, 11) is 7.12. The van der Waals surface area contributed by atoms with Crippen LogP contribution in [0.2, 0.25) is 0 Å². The van der Waals surface area contributed by atoms with Crippen molar-refractivity contribution in [2.24, 2.45) is 4.99 Å². The Balaban J connectivity index is 0.00000338. The molecule has 142 valence electrons. The maximum atomic E-state index is 5.49. The molecule has 0 saturated carbocycles. The average Bonchev–Trinajstić information content (AvgIpc) is 2.63. The number of halogens is 1. The summed E-state index contributed by atoms with van der Waals surface area (Å²) in [5.41, 5.74) is 3.58. The second-order valence-electron chi connectivity index (χ2n) is 5.84. The number of hydrogen-bond donors (Lipinski definition) is 1. The van der Waals surface area contributed by atoms with E-state index in [2.05, 4.69) is 46.4 Å². The van der Waals surface area contributed by atoms with Crippen LogP contribution < -0.4 is 14.8 Å². The largest absolute Gasteiger partial charge is 0.493 e. The van der Waals surface area contributed by atoms with Crippen molar-refractivity contribution in [2.75, 3.05) is 28.3 Å². The van der Waals surface area contributed by atoms with Crippen LogP contribution in [0.5, 0.6) is 11.5 Å². The summed E-state index contributed by atoms with van der Waals surface area (Å²) in [5.74, 6) is 2.30. The van der Waals surface area contributed by atoms with E-state index < -0.39 is 0 Å². The van der Waals surface area contributed by atoms with E-state index in [0.29, 0.717) is 6.54 Å². The minimum Gasteiger partial charge on any atom is -0.493 e. The first-order valence-electron chi connectivity index (χ1n) is 8.26. The molecule has 0 spiro atoms. The van der Waals surface area contributed by atoms with Gasteiger partial charge in [0.2, 0.25) is 0 Å². The Bertz CT molecular complexity index is 735. The zero-order valence-electron chi connectivity index (χ0n) is 16.1. The Labute approximate surface area is 173 Å². The molecule has 0 amide bonds. The summed E-state index contributed by atoms with van der Waals surface area (Å²) in [6.45, 7) is 3.52. The fraction of sp³-hybridized carbons (Fsp3) is 0.350. The molecule has 2 aromatic rings. The zero-order chi connectivity index (χ0) is 18.2. The maximum absolute atomic E-state index is 5.49. The van der Waals surface area contributed by atoms with Crippen LogP contribution in [0.15, 0.2) is 47.5 Å². The topological polar surface area (TPSA) is 46.1 Å². The van der Waals surface area contributed by atoms with Crippen LogP contribution >= 0.6 is 24.0 Å². The number of benzene rings is 2. The van der Waals surface area contributed by atoms with Crippen LogP contribution in [0.25, 0.3) is 0 Å². The van der Waals surface area contributed by atoms with Gasteiger partial charge in [0.25, 0.3) is 0 Å². The van der Waals surface area contributed by atoms with Crippen molar-refractivity contribution < 1.29 is 9.47 Å². The number of aryl methyl sites for hydroxylation is 1. The molecule has 5 nitrogen and oxygen atoms in total. The third kappa shape index (κ3) is 5.52. The van der Waals surface area contributed by atoms with Gasteiger partial charge >= 0.3 is 0 Å². The molecule has 0 saturated heterocycles. The molecule has 1 N–H and O–H groups in total. The Kier molecular flexibility index (Phi) is 9.26. The van der Waals surface area contributed by atoms with Crippen LogP contribution in [0.1, 0.15) is 16.7 Å². The molecule has 6 heteroatoms. The van der Waals surface area contributed by atoms with Gasteiger partial charge in [-0.2, -0.15) is 0 Å². The molecule has 0 aromatic heterocycles. The van der Waals surface area contributed by atoms with Crippen LogP contribution in [0.4, 0.5) is 0 Å². The van der Waals surface area contributed by atoms with Gasteiger partial charge in [0.15, 0.2) is 17.5 Å². The van der Waals surface area contributed by atoms with Gasteiger partial charge in [0.05, 0.1) is 14.2 Å². The normalized spacial score (nSPS) is 10.7. The highest BCUT2D eigenvalue weighted by Crippen LogP contribution is 2.30. The summed E-state index contributed by atoms with van der Waals surface area (Å²) in [5, 5.41) is 3.39. The van der Waals surface area contributed by atoms with E-state index >= 15 is 0 Å². The number of nitrogens with one attached hydrogen (secondary N) is 1. The summed E-state index contributed by atoms with van der Waals surface area (Å²) < 4.78 is 10.8. The predicted octanol–water partition coefficient (Wildman–Crippen LogP) is 3.84. The van der Waals surface area contributed by atoms with Gasteiger partial charge < -0.3 is 19.7 Å². The van der Waals surface area contributed by atoms with Crippen LogP contribution in [-0.2, 0) is 13.1 Å². The second kappa shape index (κ2) is 10.9. The number of para-hydroxylation sites is 1. The molecule has 2 aromatic carbocycles. The molecule has 2 rings (SSSR count). The molecular formula is C20H28IN3O2. The first kappa shape index (κ1) is 22.1. The fourth-order valence-corrected chi connectivity index (χ4v) is 2.77. The van der Waals surface area contributed by atoms with Crippen LogP contribution in [-0.4, -0.2) is 39.2 Å². The van der Waals surface area contributed by atoms with E-state index in [1.165, 1.54) is 11.1 Å². The van der Waals surface area contributed by atoms with E-state index in [1.54, 1.807) is 21.3 Å². The van der Waals surface area contributed by atoms with Gasteiger partial charge in [-0.3, -0.25) is 4.99 Å². The minimum absolute atomic E-state index is 0. The van der Waals surface area contributed by atoms with Gasteiger partial charge in [0, 0.05) is 32.7 Å². The van der Waals surface area contributed by atoms with E-state index in [1.807, 2.05) is 25.2 Å². The second-order valence-corrected chi connectivity index (χ2v) is 5.84.